The summed E-state index contributed by atoms with van der Waals surface area (Å²) in [7, 11) is 0. The van der Waals surface area contributed by atoms with Gasteiger partial charge in [0.2, 0.25) is 0 Å². The van der Waals surface area contributed by atoms with E-state index in [1.165, 1.54) is 57.8 Å². The van der Waals surface area contributed by atoms with E-state index in [0.717, 1.165) is 25.2 Å². The third-order valence-corrected chi connectivity index (χ3v) is 6.19. The molecule has 3 fully saturated rings. The Kier molecular flexibility index (Phi) is 4.09. The molecule has 1 heterocycles. The lowest BCUT2D eigenvalue weighted by Crippen LogP contribution is -2.34. The van der Waals surface area contributed by atoms with Gasteiger partial charge in [0.25, 0.3) is 0 Å². The average Bonchev–Trinajstić information content (AvgIpc) is 2.85. The van der Waals surface area contributed by atoms with Gasteiger partial charge < -0.3 is 4.74 Å². The van der Waals surface area contributed by atoms with Gasteiger partial charge in [0.05, 0.1) is 23.2 Å². The normalized spacial score (nSPS) is 40.6. The molecule has 0 aromatic heterocycles. The molecule has 0 aromatic rings. The van der Waals surface area contributed by atoms with Gasteiger partial charge in [0.1, 0.15) is 0 Å². The van der Waals surface area contributed by atoms with E-state index in [1.54, 1.807) is 0 Å². The second kappa shape index (κ2) is 5.68. The van der Waals surface area contributed by atoms with Crippen LogP contribution in [-0.2, 0) is 4.74 Å². The third-order valence-electron chi connectivity index (χ3n) is 6.19. The van der Waals surface area contributed by atoms with E-state index < -0.39 is 0 Å². The molecule has 2 aliphatic carbocycles. The lowest BCUT2D eigenvalue weighted by Gasteiger charge is -2.37. The highest BCUT2D eigenvalue weighted by Gasteiger charge is 2.44. The number of nitriles is 1. The smallest absolute Gasteiger partial charge is 0.0690 e. The van der Waals surface area contributed by atoms with Gasteiger partial charge in [-0.1, -0.05) is 26.2 Å². The molecule has 0 bridgehead atoms. The van der Waals surface area contributed by atoms with Gasteiger partial charge in [0, 0.05) is 0 Å². The first-order valence-electron chi connectivity index (χ1n) is 8.75. The van der Waals surface area contributed by atoms with Crippen molar-refractivity contribution in [3.8, 4) is 6.07 Å². The van der Waals surface area contributed by atoms with Crippen LogP contribution in [0.25, 0.3) is 0 Å². The van der Waals surface area contributed by atoms with Crippen LogP contribution < -0.4 is 0 Å². The van der Waals surface area contributed by atoms with Gasteiger partial charge in [-0.15, -0.1) is 0 Å². The Labute approximate surface area is 123 Å². The van der Waals surface area contributed by atoms with Crippen molar-refractivity contribution in [2.45, 2.75) is 95.7 Å². The summed E-state index contributed by atoms with van der Waals surface area (Å²) in [6.45, 7) is 2.32. The van der Waals surface area contributed by atoms with Crippen LogP contribution in [-0.4, -0.2) is 11.7 Å². The Balaban J connectivity index is 1.59. The Morgan fingerprint density at radius 3 is 2.35 bits per heavy atom. The molecule has 1 unspecified atom stereocenters. The lowest BCUT2D eigenvalue weighted by molar-refractivity contribution is -0.0759. The number of hydrogen-bond donors (Lipinski definition) is 0. The van der Waals surface area contributed by atoms with Crippen molar-refractivity contribution in [3.05, 3.63) is 0 Å². The third kappa shape index (κ3) is 2.89. The van der Waals surface area contributed by atoms with Crippen LogP contribution in [0, 0.1) is 22.7 Å². The largest absolute Gasteiger partial charge is 0.372 e. The Hall–Kier alpha value is -0.550. The Morgan fingerprint density at radius 1 is 1.00 bits per heavy atom. The fourth-order valence-electron chi connectivity index (χ4n) is 4.72. The monoisotopic (exact) mass is 275 g/mol. The minimum atomic E-state index is -0.0721. The number of ether oxygens (including phenoxy) is 1. The van der Waals surface area contributed by atoms with Crippen LogP contribution in [0.2, 0.25) is 0 Å². The van der Waals surface area contributed by atoms with E-state index in [2.05, 4.69) is 13.0 Å². The molecular weight excluding hydrogens is 246 g/mol. The molecule has 20 heavy (non-hydrogen) atoms. The molecule has 0 amide bonds. The number of nitrogens with zero attached hydrogens (tertiary/aromatic N) is 1. The summed E-state index contributed by atoms with van der Waals surface area (Å²) in [6, 6.07) is 2.68. The van der Waals surface area contributed by atoms with E-state index in [4.69, 9.17) is 4.74 Å². The van der Waals surface area contributed by atoms with Crippen LogP contribution in [0.5, 0.6) is 0 Å². The highest BCUT2D eigenvalue weighted by atomic mass is 16.5. The topological polar surface area (TPSA) is 33.0 Å². The first kappa shape index (κ1) is 14.4. The molecule has 1 aliphatic heterocycles. The first-order chi connectivity index (χ1) is 9.65. The van der Waals surface area contributed by atoms with Crippen molar-refractivity contribution in [1.82, 2.24) is 0 Å². The molecule has 2 saturated carbocycles. The molecule has 2 heteroatoms. The van der Waals surface area contributed by atoms with Crippen molar-refractivity contribution in [3.63, 3.8) is 0 Å². The predicted octanol–water partition coefficient (Wildman–Crippen LogP) is 4.98. The fourth-order valence-corrected chi connectivity index (χ4v) is 4.72. The van der Waals surface area contributed by atoms with Crippen LogP contribution >= 0.6 is 0 Å². The van der Waals surface area contributed by atoms with E-state index in [1.807, 2.05) is 0 Å². The second-order valence-electron chi connectivity index (χ2n) is 7.80. The summed E-state index contributed by atoms with van der Waals surface area (Å²) in [5.74, 6) is 0.811. The number of rotatable bonds is 2. The minimum absolute atomic E-state index is 0.0721. The molecule has 0 N–H and O–H groups in total. The molecular formula is C18H29NO. The maximum absolute atomic E-state index is 9.68. The molecule has 1 saturated heterocycles. The van der Waals surface area contributed by atoms with Gasteiger partial charge in [0.15, 0.2) is 0 Å². The highest BCUT2D eigenvalue weighted by molar-refractivity contribution is 5.04. The lowest BCUT2D eigenvalue weighted by atomic mass is 9.69. The van der Waals surface area contributed by atoms with Gasteiger partial charge in [-0.05, 0) is 63.7 Å². The van der Waals surface area contributed by atoms with Gasteiger partial charge in [-0.25, -0.2) is 0 Å². The molecule has 1 spiro atoms. The minimum Gasteiger partial charge on any atom is -0.372 e. The summed E-state index contributed by atoms with van der Waals surface area (Å²) >= 11 is 0. The quantitative estimate of drug-likeness (QED) is 0.712. The van der Waals surface area contributed by atoms with Crippen LogP contribution in [0.1, 0.15) is 84.0 Å². The van der Waals surface area contributed by atoms with Crippen molar-refractivity contribution in [2.75, 3.05) is 0 Å². The van der Waals surface area contributed by atoms with Gasteiger partial charge >= 0.3 is 0 Å². The summed E-state index contributed by atoms with van der Waals surface area (Å²) in [4.78, 5) is 0. The van der Waals surface area contributed by atoms with E-state index in [-0.39, 0.29) is 11.0 Å². The maximum atomic E-state index is 9.68. The molecule has 112 valence electrons. The van der Waals surface area contributed by atoms with Crippen LogP contribution in [0.15, 0.2) is 0 Å². The van der Waals surface area contributed by atoms with Gasteiger partial charge in [-0.2, -0.15) is 5.26 Å². The average molecular weight is 275 g/mol. The summed E-state index contributed by atoms with van der Waals surface area (Å²) in [6.07, 6.45) is 15.0. The van der Waals surface area contributed by atoms with Crippen molar-refractivity contribution >= 4 is 0 Å². The Morgan fingerprint density at radius 2 is 1.70 bits per heavy atom. The zero-order valence-electron chi connectivity index (χ0n) is 13.0. The molecule has 3 rings (SSSR count). The zero-order valence-corrected chi connectivity index (χ0v) is 13.0. The highest BCUT2D eigenvalue weighted by Crippen LogP contribution is 2.48. The van der Waals surface area contributed by atoms with Crippen LogP contribution in [0.4, 0.5) is 0 Å². The molecule has 1 atom stereocenters. The van der Waals surface area contributed by atoms with Gasteiger partial charge in [-0.3, -0.25) is 0 Å². The van der Waals surface area contributed by atoms with E-state index in [9.17, 15) is 5.26 Å². The first-order valence-corrected chi connectivity index (χ1v) is 8.75. The SMILES string of the molecule is CC1CCC(C#N)(CC2CCC3(CCCCC3)O2)CC1. The fraction of sp³-hybridized carbons (Fsp3) is 0.944. The van der Waals surface area contributed by atoms with E-state index in [0.29, 0.717) is 6.10 Å². The molecule has 0 radical (unpaired) electrons. The van der Waals surface area contributed by atoms with Crippen molar-refractivity contribution in [1.29, 1.82) is 5.26 Å². The van der Waals surface area contributed by atoms with Crippen molar-refractivity contribution < 1.29 is 4.74 Å². The molecule has 3 aliphatic rings. The Bertz CT molecular complexity index is 369. The second-order valence-corrected chi connectivity index (χ2v) is 7.80. The summed E-state index contributed by atoms with van der Waals surface area (Å²) < 4.78 is 6.50. The summed E-state index contributed by atoms with van der Waals surface area (Å²) in [5, 5.41) is 9.68. The zero-order chi connectivity index (χ0) is 14.1. The standard InChI is InChI=1S/C18H29NO/c1-15-5-10-17(14-19,11-6-15)13-16-7-12-18(20-16)8-3-2-4-9-18/h15-16H,2-13H2,1H3. The maximum Gasteiger partial charge on any atom is 0.0690 e. The van der Waals surface area contributed by atoms with Crippen LogP contribution in [0.3, 0.4) is 0 Å². The molecule has 2 nitrogen and oxygen atoms in total. The van der Waals surface area contributed by atoms with E-state index >= 15 is 0 Å². The predicted molar refractivity (Wildman–Crippen MR) is 80.2 cm³/mol. The summed E-state index contributed by atoms with van der Waals surface area (Å²) in [5.41, 5.74) is 0.138. The molecule has 0 aromatic carbocycles. The van der Waals surface area contributed by atoms with Crippen molar-refractivity contribution in [2.24, 2.45) is 11.3 Å². The number of hydrogen-bond acceptors (Lipinski definition) is 2.